The van der Waals surface area contributed by atoms with Crippen LogP contribution < -0.4 is 0 Å². The molecule has 0 aliphatic heterocycles. The van der Waals surface area contributed by atoms with E-state index in [4.69, 9.17) is 0 Å². The molecule has 1 heterocycles. The molecule has 1 rings (SSSR count). The van der Waals surface area contributed by atoms with Crippen LogP contribution in [0.25, 0.3) is 0 Å². The number of aromatic nitrogens is 2. The number of unbranched alkanes of at least 4 members (excludes halogenated alkanes) is 3. The molecule has 0 N–H and O–H groups in total. The number of nitrogens with zero attached hydrogens (tertiary/aromatic N) is 2. The molecule has 2 nitrogen and oxygen atoms in total. The summed E-state index contributed by atoms with van der Waals surface area (Å²) in [5.41, 5.74) is 1.18. The van der Waals surface area contributed by atoms with Crippen LogP contribution in [0.2, 0.25) is 0 Å². The summed E-state index contributed by atoms with van der Waals surface area (Å²) in [4.78, 5) is 4.60. The summed E-state index contributed by atoms with van der Waals surface area (Å²) in [6.07, 6.45) is 18.2. The Bertz CT molecular complexity index is 387. The third-order valence-electron chi connectivity index (χ3n) is 5.42. The minimum absolute atomic E-state index is 1.18. The van der Waals surface area contributed by atoms with Gasteiger partial charge in [0.2, 0.25) is 0 Å². The van der Waals surface area contributed by atoms with Crippen molar-refractivity contribution >= 4 is 6.75 Å². The van der Waals surface area contributed by atoms with E-state index in [2.05, 4.69) is 56.5 Å². The van der Waals surface area contributed by atoms with Crippen LogP contribution in [-0.4, -0.2) is 34.0 Å². The standard InChI is InChI=1S/C18H37N2P/c1-6-10-13-21(9-4,14-11-7-2,15-12-8-3)20-16-18(5)19-17-20/h16-17H,6-15H2,1-5H3. The minimum atomic E-state index is -1.88. The second-order valence-corrected chi connectivity index (χ2v) is 13.1. The second-order valence-electron chi connectivity index (χ2n) is 6.85. The van der Waals surface area contributed by atoms with Gasteiger partial charge in [-0.05, 0) is 0 Å². The molecule has 0 atom stereocenters. The average Bonchev–Trinajstić information content (AvgIpc) is 2.95. The molecule has 0 bridgehead atoms. The van der Waals surface area contributed by atoms with Crippen molar-refractivity contribution in [1.82, 2.24) is 9.32 Å². The van der Waals surface area contributed by atoms with Gasteiger partial charge >= 0.3 is 132 Å². The van der Waals surface area contributed by atoms with Crippen molar-refractivity contribution in [3.05, 3.63) is 18.2 Å². The molecule has 0 amide bonds. The Hall–Kier alpha value is -0.360. The van der Waals surface area contributed by atoms with Gasteiger partial charge in [0.15, 0.2) is 0 Å². The number of hydrogen-bond donors (Lipinski definition) is 0. The molecule has 0 spiro atoms. The quantitative estimate of drug-likeness (QED) is 0.463. The van der Waals surface area contributed by atoms with Gasteiger partial charge in [0, 0.05) is 0 Å². The predicted molar refractivity (Wildman–Crippen MR) is 99.1 cm³/mol. The van der Waals surface area contributed by atoms with Crippen LogP contribution in [0.15, 0.2) is 12.5 Å². The predicted octanol–water partition coefficient (Wildman–Crippen LogP) is 5.93. The molecule has 0 unspecified atom stereocenters. The van der Waals surface area contributed by atoms with E-state index in [9.17, 15) is 0 Å². The van der Waals surface area contributed by atoms with E-state index in [0.717, 1.165) is 0 Å². The molecule has 21 heavy (non-hydrogen) atoms. The molecule has 0 aliphatic carbocycles. The summed E-state index contributed by atoms with van der Waals surface area (Å²) < 4.78 is 2.64. The fraction of sp³-hybridized carbons (Fsp3) is 0.833. The molecule has 1 aromatic heterocycles. The van der Waals surface area contributed by atoms with E-state index in [1.807, 2.05) is 0 Å². The molecule has 0 saturated carbocycles. The van der Waals surface area contributed by atoms with Gasteiger partial charge in [0.1, 0.15) is 0 Å². The first-order valence-corrected chi connectivity index (χ1v) is 12.0. The summed E-state index contributed by atoms with van der Waals surface area (Å²) in [5.74, 6) is 0. The Balaban J connectivity index is 3.29. The fourth-order valence-electron chi connectivity index (χ4n) is 3.73. The van der Waals surface area contributed by atoms with Gasteiger partial charge < -0.3 is 0 Å². The van der Waals surface area contributed by atoms with Gasteiger partial charge in [0.05, 0.1) is 0 Å². The zero-order valence-electron chi connectivity index (χ0n) is 15.1. The van der Waals surface area contributed by atoms with Crippen molar-refractivity contribution in [2.45, 2.75) is 73.1 Å². The van der Waals surface area contributed by atoms with Gasteiger partial charge in [-0.25, -0.2) is 0 Å². The topological polar surface area (TPSA) is 17.8 Å². The Labute approximate surface area is 132 Å². The number of aryl methyl sites for hydroxylation is 1. The van der Waals surface area contributed by atoms with Crippen molar-refractivity contribution < 1.29 is 0 Å². The van der Waals surface area contributed by atoms with E-state index >= 15 is 0 Å². The Morgan fingerprint density at radius 1 is 0.905 bits per heavy atom. The van der Waals surface area contributed by atoms with Crippen molar-refractivity contribution in [3.63, 3.8) is 0 Å². The molecule has 0 aromatic carbocycles. The first-order chi connectivity index (χ1) is 10.1. The van der Waals surface area contributed by atoms with Crippen LogP contribution in [0.1, 0.15) is 71.9 Å². The summed E-state index contributed by atoms with van der Waals surface area (Å²) in [7, 11) is 0. The van der Waals surface area contributed by atoms with Crippen molar-refractivity contribution in [2.24, 2.45) is 0 Å². The molecule has 1 aromatic rings. The van der Waals surface area contributed by atoms with Crippen molar-refractivity contribution in [2.75, 3.05) is 24.6 Å². The summed E-state index contributed by atoms with van der Waals surface area (Å²) >= 11 is 0. The monoisotopic (exact) mass is 312 g/mol. The zero-order valence-corrected chi connectivity index (χ0v) is 16.0. The molecular weight excluding hydrogens is 275 g/mol. The van der Waals surface area contributed by atoms with Gasteiger partial charge in [0.25, 0.3) is 0 Å². The van der Waals surface area contributed by atoms with E-state index in [1.165, 1.54) is 68.9 Å². The van der Waals surface area contributed by atoms with Gasteiger partial charge in [-0.15, -0.1) is 0 Å². The molecule has 0 fully saturated rings. The molecule has 0 aliphatic rings. The summed E-state index contributed by atoms with van der Waals surface area (Å²) in [6, 6.07) is 0. The van der Waals surface area contributed by atoms with Crippen LogP contribution >= 0.6 is 6.75 Å². The first-order valence-electron chi connectivity index (χ1n) is 9.08. The van der Waals surface area contributed by atoms with Gasteiger partial charge in [-0.3, -0.25) is 0 Å². The normalized spacial score (nSPS) is 14.0. The number of rotatable bonds is 11. The Kier molecular flexibility index (Phi) is 7.40. The molecule has 0 radical (unpaired) electrons. The van der Waals surface area contributed by atoms with E-state index < -0.39 is 6.75 Å². The maximum absolute atomic E-state index is 4.60. The van der Waals surface area contributed by atoms with Crippen molar-refractivity contribution in [1.29, 1.82) is 0 Å². The van der Waals surface area contributed by atoms with E-state index in [1.54, 1.807) is 0 Å². The van der Waals surface area contributed by atoms with Crippen LogP contribution in [0.3, 0.4) is 0 Å². The fourth-order valence-corrected chi connectivity index (χ4v) is 10.6. The molecular formula is C18H37N2P. The molecule has 3 heteroatoms. The van der Waals surface area contributed by atoms with Crippen LogP contribution in [-0.2, 0) is 0 Å². The SMILES string of the molecule is CCCCP(CC)(CCCC)(CCCC)n1cnc(C)c1. The molecule has 124 valence electrons. The van der Waals surface area contributed by atoms with Crippen LogP contribution in [0, 0.1) is 6.92 Å². The third-order valence-corrected chi connectivity index (χ3v) is 13.0. The first kappa shape index (κ1) is 18.7. The average molecular weight is 312 g/mol. The summed E-state index contributed by atoms with van der Waals surface area (Å²) in [6.45, 7) is 9.71. The maximum atomic E-state index is 4.60. The Morgan fingerprint density at radius 2 is 1.38 bits per heavy atom. The molecule has 0 saturated heterocycles. The summed E-state index contributed by atoms with van der Waals surface area (Å²) in [5, 5.41) is 0. The number of imidazole rings is 1. The zero-order chi connectivity index (χ0) is 15.8. The van der Waals surface area contributed by atoms with Crippen LogP contribution in [0.4, 0.5) is 0 Å². The Morgan fingerprint density at radius 3 is 1.67 bits per heavy atom. The third kappa shape index (κ3) is 4.09. The number of hydrogen-bond acceptors (Lipinski definition) is 1. The van der Waals surface area contributed by atoms with Gasteiger partial charge in [-0.2, -0.15) is 0 Å². The second kappa shape index (κ2) is 8.32. The van der Waals surface area contributed by atoms with Crippen molar-refractivity contribution in [3.8, 4) is 0 Å². The van der Waals surface area contributed by atoms with Gasteiger partial charge in [-0.1, -0.05) is 0 Å². The van der Waals surface area contributed by atoms with E-state index in [-0.39, 0.29) is 0 Å². The van der Waals surface area contributed by atoms with Crippen LogP contribution in [0.5, 0.6) is 0 Å². The van der Waals surface area contributed by atoms with E-state index in [0.29, 0.717) is 0 Å².